The van der Waals surface area contributed by atoms with Crippen molar-refractivity contribution < 1.29 is 27.8 Å². The summed E-state index contributed by atoms with van der Waals surface area (Å²) in [6.07, 6.45) is 0.254. The lowest BCUT2D eigenvalue weighted by atomic mass is 10.2. The number of carbonyl (C=O) groups is 2. The minimum atomic E-state index is -1.21. The summed E-state index contributed by atoms with van der Waals surface area (Å²) >= 11 is 0. The number of hydrogen-bond acceptors (Lipinski definition) is 4. The Morgan fingerprint density at radius 2 is 1.96 bits per heavy atom. The lowest BCUT2D eigenvalue weighted by Gasteiger charge is -2.17. The number of nitrogens with zero attached hydrogens (tertiary/aromatic N) is 1. The number of urea groups is 1. The lowest BCUT2D eigenvalue weighted by Crippen LogP contribution is -2.34. The molecule has 0 aliphatic carbocycles. The first kappa shape index (κ1) is 14.8. The van der Waals surface area contributed by atoms with E-state index in [2.05, 4.69) is 5.32 Å². The number of rotatable bonds is 3. The highest BCUT2D eigenvalue weighted by molar-refractivity contribution is 6.12. The van der Waals surface area contributed by atoms with Gasteiger partial charge in [-0.25, -0.2) is 18.5 Å². The number of fused-ring (bicyclic) bond motifs is 1. The Morgan fingerprint density at radius 1 is 1.17 bits per heavy atom. The van der Waals surface area contributed by atoms with E-state index in [1.54, 1.807) is 0 Å². The Bertz CT molecular complexity index is 782. The molecule has 6 nitrogen and oxygen atoms in total. The van der Waals surface area contributed by atoms with Crippen LogP contribution in [0.1, 0.15) is 0 Å². The van der Waals surface area contributed by atoms with Crippen LogP contribution >= 0.6 is 0 Å². The van der Waals surface area contributed by atoms with Crippen molar-refractivity contribution in [2.75, 3.05) is 17.0 Å². The molecule has 1 heterocycles. The maximum Gasteiger partial charge on any atom is 0.333 e. The van der Waals surface area contributed by atoms with Crippen LogP contribution in [0.2, 0.25) is 0 Å². The Balaban J connectivity index is 1.84. The standard InChI is InChI=1S/C15H10F2N2O4/c16-10-2-1-3-11(14(10)17)18-15(21)19(7-20)9-4-5-12-13(6-9)23-8-22-12/h1-7H,8H2,(H,18,21). The Morgan fingerprint density at radius 3 is 2.74 bits per heavy atom. The molecule has 0 radical (unpaired) electrons. The van der Waals surface area contributed by atoms with E-state index in [0.29, 0.717) is 16.4 Å². The summed E-state index contributed by atoms with van der Waals surface area (Å²) in [4.78, 5) is 24.0. The summed E-state index contributed by atoms with van der Waals surface area (Å²) in [6, 6.07) is 6.81. The van der Waals surface area contributed by atoms with Crippen LogP contribution in [0.25, 0.3) is 0 Å². The molecule has 3 rings (SSSR count). The second kappa shape index (κ2) is 5.91. The molecule has 8 heteroatoms. The summed E-state index contributed by atoms with van der Waals surface area (Å²) in [5.74, 6) is -1.46. The average molecular weight is 320 g/mol. The molecule has 0 saturated heterocycles. The van der Waals surface area contributed by atoms with Gasteiger partial charge in [0, 0.05) is 6.07 Å². The van der Waals surface area contributed by atoms with Crippen molar-refractivity contribution in [3.63, 3.8) is 0 Å². The van der Waals surface area contributed by atoms with Crippen LogP contribution in [0.5, 0.6) is 11.5 Å². The lowest BCUT2D eigenvalue weighted by molar-refractivity contribution is -0.106. The first-order chi connectivity index (χ1) is 11.1. The van der Waals surface area contributed by atoms with E-state index in [1.807, 2.05) is 0 Å². The fraction of sp³-hybridized carbons (Fsp3) is 0.0667. The summed E-state index contributed by atoms with van der Waals surface area (Å²) in [5.41, 5.74) is -0.179. The van der Waals surface area contributed by atoms with E-state index in [9.17, 15) is 18.4 Å². The Kier molecular flexibility index (Phi) is 3.80. The van der Waals surface area contributed by atoms with Gasteiger partial charge in [0.15, 0.2) is 23.1 Å². The Hall–Kier alpha value is -3.16. The number of carbonyl (C=O) groups excluding carboxylic acids is 2. The van der Waals surface area contributed by atoms with Crippen molar-refractivity contribution in [3.8, 4) is 11.5 Å². The van der Waals surface area contributed by atoms with Gasteiger partial charge in [-0.05, 0) is 24.3 Å². The fourth-order valence-electron chi connectivity index (χ4n) is 2.04. The van der Waals surface area contributed by atoms with E-state index in [1.165, 1.54) is 30.3 Å². The molecule has 2 aromatic carbocycles. The van der Waals surface area contributed by atoms with Crippen LogP contribution < -0.4 is 19.7 Å². The van der Waals surface area contributed by atoms with Crippen molar-refractivity contribution in [1.82, 2.24) is 0 Å². The number of benzene rings is 2. The molecule has 1 aliphatic heterocycles. The van der Waals surface area contributed by atoms with Crippen molar-refractivity contribution in [1.29, 1.82) is 0 Å². The van der Waals surface area contributed by atoms with Crippen molar-refractivity contribution >= 4 is 23.8 Å². The topological polar surface area (TPSA) is 67.9 Å². The van der Waals surface area contributed by atoms with Crippen LogP contribution in [0.15, 0.2) is 36.4 Å². The van der Waals surface area contributed by atoms with Crippen molar-refractivity contribution in [2.45, 2.75) is 0 Å². The number of hydrogen-bond donors (Lipinski definition) is 1. The van der Waals surface area contributed by atoms with E-state index < -0.39 is 17.7 Å². The molecule has 0 unspecified atom stereocenters. The van der Waals surface area contributed by atoms with Crippen LogP contribution in [0, 0.1) is 11.6 Å². The van der Waals surface area contributed by atoms with Gasteiger partial charge in [-0.3, -0.25) is 4.79 Å². The second-order valence-corrected chi connectivity index (χ2v) is 4.54. The monoisotopic (exact) mass is 320 g/mol. The van der Waals surface area contributed by atoms with Gasteiger partial charge in [-0.15, -0.1) is 0 Å². The van der Waals surface area contributed by atoms with Gasteiger partial charge >= 0.3 is 6.03 Å². The van der Waals surface area contributed by atoms with Gasteiger partial charge in [0.05, 0.1) is 11.4 Å². The number of amides is 3. The molecule has 2 aromatic rings. The summed E-state index contributed by atoms with van der Waals surface area (Å²) in [5, 5.41) is 2.14. The highest BCUT2D eigenvalue weighted by Gasteiger charge is 2.21. The highest BCUT2D eigenvalue weighted by atomic mass is 19.2. The summed E-state index contributed by atoms with van der Waals surface area (Å²) in [7, 11) is 0. The molecule has 0 aromatic heterocycles. The molecule has 1 aliphatic rings. The predicted molar refractivity (Wildman–Crippen MR) is 76.5 cm³/mol. The first-order valence-corrected chi connectivity index (χ1v) is 6.49. The van der Waals surface area contributed by atoms with Gasteiger partial charge < -0.3 is 14.8 Å². The number of nitrogens with one attached hydrogen (secondary N) is 1. The van der Waals surface area contributed by atoms with Crippen LogP contribution in [0.3, 0.4) is 0 Å². The number of anilines is 2. The summed E-state index contributed by atoms with van der Waals surface area (Å²) in [6.45, 7) is 0.0422. The van der Waals surface area contributed by atoms with E-state index in [4.69, 9.17) is 9.47 Å². The number of halogens is 2. The zero-order valence-electron chi connectivity index (χ0n) is 11.6. The maximum atomic E-state index is 13.6. The molecule has 118 valence electrons. The molecule has 0 fully saturated rings. The molecule has 1 N–H and O–H groups in total. The zero-order chi connectivity index (χ0) is 16.4. The van der Waals surface area contributed by atoms with Crippen molar-refractivity contribution in [2.24, 2.45) is 0 Å². The number of ether oxygens (including phenoxy) is 2. The predicted octanol–water partition coefficient (Wildman–Crippen LogP) is 2.89. The van der Waals surface area contributed by atoms with Crippen LogP contribution in [-0.2, 0) is 4.79 Å². The average Bonchev–Trinajstić information content (AvgIpc) is 3.00. The minimum Gasteiger partial charge on any atom is -0.454 e. The van der Waals surface area contributed by atoms with E-state index >= 15 is 0 Å². The quantitative estimate of drug-likeness (QED) is 0.883. The molecular weight excluding hydrogens is 310 g/mol. The van der Waals surface area contributed by atoms with Crippen LogP contribution in [-0.4, -0.2) is 19.2 Å². The van der Waals surface area contributed by atoms with E-state index in [-0.39, 0.29) is 24.6 Å². The fourth-order valence-corrected chi connectivity index (χ4v) is 2.04. The first-order valence-electron chi connectivity index (χ1n) is 6.49. The molecular formula is C15H10F2N2O4. The zero-order valence-corrected chi connectivity index (χ0v) is 11.6. The third-order valence-corrected chi connectivity index (χ3v) is 3.15. The van der Waals surface area contributed by atoms with Gasteiger partial charge in [0.1, 0.15) is 0 Å². The smallest absolute Gasteiger partial charge is 0.333 e. The largest absolute Gasteiger partial charge is 0.454 e. The van der Waals surface area contributed by atoms with Gasteiger partial charge in [-0.2, -0.15) is 0 Å². The van der Waals surface area contributed by atoms with Gasteiger partial charge in [0.2, 0.25) is 13.2 Å². The van der Waals surface area contributed by atoms with Gasteiger partial charge in [0.25, 0.3) is 0 Å². The van der Waals surface area contributed by atoms with E-state index in [0.717, 1.165) is 6.07 Å². The molecule has 0 atom stereocenters. The normalized spacial score (nSPS) is 11.9. The third kappa shape index (κ3) is 2.78. The third-order valence-electron chi connectivity index (χ3n) is 3.15. The summed E-state index contributed by atoms with van der Waals surface area (Å²) < 4.78 is 37.0. The highest BCUT2D eigenvalue weighted by Crippen LogP contribution is 2.35. The minimum absolute atomic E-state index is 0.0422. The van der Waals surface area contributed by atoms with Crippen molar-refractivity contribution in [3.05, 3.63) is 48.0 Å². The maximum absolute atomic E-state index is 13.6. The van der Waals surface area contributed by atoms with Gasteiger partial charge in [-0.1, -0.05) is 6.07 Å². The Labute approximate surface area is 129 Å². The van der Waals surface area contributed by atoms with Crippen LogP contribution in [0.4, 0.5) is 25.0 Å². The SMILES string of the molecule is O=CN(C(=O)Nc1cccc(F)c1F)c1ccc2c(c1)OCO2. The molecule has 0 bridgehead atoms. The molecule has 0 spiro atoms. The second-order valence-electron chi connectivity index (χ2n) is 4.54. The molecule has 0 saturated carbocycles. The molecule has 3 amide bonds. The molecule has 23 heavy (non-hydrogen) atoms. The number of imide groups is 1.